The monoisotopic (exact) mass is 448 g/mol. The molecule has 4 rings (SSSR count). The minimum absolute atomic E-state index is 0.0855. The van der Waals surface area contributed by atoms with Crippen LogP contribution in [0.25, 0.3) is 10.9 Å². The molecule has 3 aromatic rings. The summed E-state index contributed by atoms with van der Waals surface area (Å²) in [5, 5.41) is 1.00. The molecule has 0 saturated carbocycles. The Kier molecular flexibility index (Phi) is 4.57. The number of aromatic nitrogens is 1. The molecule has 1 atom stereocenters. The molecule has 27 heavy (non-hydrogen) atoms. The Balaban J connectivity index is 1.83. The second kappa shape index (κ2) is 6.78. The lowest BCUT2D eigenvalue weighted by atomic mass is 9.98. The van der Waals surface area contributed by atoms with Gasteiger partial charge in [0.2, 0.25) is 10.0 Å². The first-order valence-corrected chi connectivity index (χ1v) is 10.6. The Labute approximate surface area is 165 Å². The molecule has 6 nitrogen and oxygen atoms in total. The van der Waals surface area contributed by atoms with E-state index in [2.05, 4.69) is 20.9 Å². The number of halogens is 1. The highest BCUT2D eigenvalue weighted by atomic mass is 79.9. The summed E-state index contributed by atoms with van der Waals surface area (Å²) < 4.78 is 33.4. The molecule has 0 spiro atoms. The highest BCUT2D eigenvalue weighted by Gasteiger charge is 2.41. The molecule has 1 N–H and O–H groups in total. The molecule has 0 amide bonds. The molecule has 0 aliphatic carbocycles. The largest absolute Gasteiger partial charge is 0.468 e. The van der Waals surface area contributed by atoms with E-state index in [1.165, 1.54) is 23.5 Å². The fourth-order valence-corrected chi connectivity index (χ4v) is 5.33. The van der Waals surface area contributed by atoms with Gasteiger partial charge in [0.05, 0.1) is 18.6 Å². The standard InChI is InChI=1S/C19H17BrN2O4S/c1-26-19(23)18-10-15-14-4-2-3-5-16(14)21-17(15)11-22(18)27(24,25)13-8-6-12(20)7-9-13/h2-9,18,21H,10-11H2,1H3/t18-/m1/s1. The normalized spacial score (nSPS) is 17.6. The van der Waals surface area contributed by atoms with Crippen LogP contribution in [0.5, 0.6) is 0 Å². The van der Waals surface area contributed by atoms with Crippen LogP contribution in [-0.4, -0.2) is 36.8 Å². The van der Waals surface area contributed by atoms with E-state index < -0.39 is 22.0 Å². The van der Waals surface area contributed by atoms with Crippen molar-refractivity contribution in [3.63, 3.8) is 0 Å². The molecule has 140 valence electrons. The minimum atomic E-state index is -3.87. The number of methoxy groups -OCH3 is 1. The van der Waals surface area contributed by atoms with Gasteiger partial charge in [-0.1, -0.05) is 34.1 Å². The van der Waals surface area contributed by atoms with E-state index in [0.29, 0.717) is 0 Å². The number of hydrogen-bond acceptors (Lipinski definition) is 4. The highest BCUT2D eigenvalue weighted by Crippen LogP contribution is 2.34. The third-order valence-electron chi connectivity index (χ3n) is 4.85. The van der Waals surface area contributed by atoms with Crippen molar-refractivity contribution >= 4 is 42.8 Å². The van der Waals surface area contributed by atoms with Crippen molar-refractivity contribution in [2.45, 2.75) is 23.9 Å². The number of carbonyl (C=O) groups is 1. The van der Waals surface area contributed by atoms with Crippen molar-refractivity contribution in [1.82, 2.24) is 9.29 Å². The first-order valence-electron chi connectivity index (χ1n) is 8.35. The molecule has 0 fully saturated rings. The van der Waals surface area contributed by atoms with Gasteiger partial charge in [-0.2, -0.15) is 4.31 Å². The SMILES string of the molecule is COC(=O)[C@H]1Cc2c([nH]c3ccccc23)CN1S(=O)(=O)c1ccc(Br)cc1. The lowest BCUT2D eigenvalue weighted by molar-refractivity contribution is -0.145. The number of para-hydroxylation sites is 1. The van der Waals surface area contributed by atoms with Crippen LogP contribution in [0.2, 0.25) is 0 Å². The van der Waals surface area contributed by atoms with Crippen molar-refractivity contribution < 1.29 is 17.9 Å². The van der Waals surface area contributed by atoms with Gasteiger partial charge >= 0.3 is 5.97 Å². The van der Waals surface area contributed by atoms with Gasteiger partial charge in [0, 0.05) is 27.5 Å². The average molecular weight is 449 g/mol. The smallest absolute Gasteiger partial charge is 0.324 e. The van der Waals surface area contributed by atoms with E-state index in [1.807, 2.05) is 24.3 Å². The summed E-state index contributed by atoms with van der Waals surface area (Å²) >= 11 is 3.31. The number of esters is 1. The molecule has 2 aromatic carbocycles. The van der Waals surface area contributed by atoms with Crippen molar-refractivity contribution in [1.29, 1.82) is 0 Å². The molecule has 0 bridgehead atoms. The van der Waals surface area contributed by atoms with Crippen LogP contribution in [0.4, 0.5) is 0 Å². The first-order chi connectivity index (χ1) is 12.9. The Bertz CT molecular complexity index is 1120. The van der Waals surface area contributed by atoms with Crippen molar-refractivity contribution in [3.8, 4) is 0 Å². The zero-order chi connectivity index (χ0) is 19.2. The van der Waals surface area contributed by atoms with Crippen LogP contribution in [0.15, 0.2) is 57.9 Å². The predicted octanol–water partition coefficient (Wildman–Crippen LogP) is 3.22. The summed E-state index contributed by atoms with van der Waals surface area (Å²) in [6.45, 7) is 0.0855. The van der Waals surface area contributed by atoms with E-state index in [0.717, 1.165) is 26.6 Å². The topological polar surface area (TPSA) is 79.5 Å². The third kappa shape index (κ3) is 3.07. The van der Waals surface area contributed by atoms with Gasteiger partial charge in [-0.05, 0) is 35.9 Å². The number of H-pyrrole nitrogens is 1. The van der Waals surface area contributed by atoms with Crippen LogP contribution < -0.4 is 0 Å². The number of carbonyl (C=O) groups excluding carboxylic acids is 1. The fraction of sp³-hybridized carbons (Fsp3) is 0.211. The van der Waals surface area contributed by atoms with Gasteiger partial charge in [-0.25, -0.2) is 8.42 Å². The zero-order valence-corrected chi connectivity index (χ0v) is 16.9. The number of fused-ring (bicyclic) bond motifs is 3. The Morgan fingerprint density at radius 3 is 2.59 bits per heavy atom. The molecule has 0 unspecified atom stereocenters. The van der Waals surface area contributed by atoms with Crippen LogP contribution in [0.1, 0.15) is 11.3 Å². The zero-order valence-electron chi connectivity index (χ0n) is 14.5. The number of rotatable bonds is 3. The van der Waals surface area contributed by atoms with Crippen LogP contribution in [-0.2, 0) is 32.5 Å². The molecule has 0 radical (unpaired) electrons. The average Bonchev–Trinajstić information content (AvgIpc) is 3.04. The summed E-state index contributed by atoms with van der Waals surface area (Å²) in [6.07, 6.45) is 0.266. The molecule has 8 heteroatoms. The fourth-order valence-electron chi connectivity index (χ4n) is 3.52. The molecule has 1 aliphatic heterocycles. The lowest BCUT2D eigenvalue weighted by Crippen LogP contribution is -2.48. The second-order valence-electron chi connectivity index (χ2n) is 6.37. The van der Waals surface area contributed by atoms with Crippen molar-refractivity contribution in [2.24, 2.45) is 0 Å². The summed E-state index contributed by atoms with van der Waals surface area (Å²) in [5.41, 5.74) is 2.69. The van der Waals surface area contributed by atoms with Crippen LogP contribution in [0, 0.1) is 0 Å². The van der Waals surface area contributed by atoms with Crippen molar-refractivity contribution in [2.75, 3.05) is 7.11 Å². The maximum atomic E-state index is 13.2. The van der Waals surface area contributed by atoms with Gasteiger partial charge < -0.3 is 9.72 Å². The highest BCUT2D eigenvalue weighted by molar-refractivity contribution is 9.10. The number of nitrogens with one attached hydrogen (secondary N) is 1. The van der Waals surface area contributed by atoms with Gasteiger partial charge in [-0.3, -0.25) is 4.79 Å². The quantitative estimate of drug-likeness (QED) is 0.623. The van der Waals surface area contributed by atoms with Gasteiger partial charge in [0.15, 0.2) is 0 Å². The van der Waals surface area contributed by atoms with Crippen LogP contribution >= 0.6 is 15.9 Å². The van der Waals surface area contributed by atoms with Crippen LogP contribution in [0.3, 0.4) is 0 Å². The third-order valence-corrected chi connectivity index (χ3v) is 7.25. The lowest BCUT2D eigenvalue weighted by Gasteiger charge is -2.32. The van der Waals surface area contributed by atoms with E-state index in [9.17, 15) is 13.2 Å². The summed E-state index contributed by atoms with van der Waals surface area (Å²) in [7, 11) is -2.60. The Morgan fingerprint density at radius 2 is 1.89 bits per heavy atom. The van der Waals surface area contributed by atoms with E-state index in [4.69, 9.17) is 4.74 Å². The number of hydrogen-bond donors (Lipinski definition) is 1. The molecule has 1 aliphatic rings. The maximum absolute atomic E-state index is 13.2. The summed E-state index contributed by atoms with van der Waals surface area (Å²) in [4.78, 5) is 15.9. The van der Waals surface area contributed by atoms with E-state index in [1.54, 1.807) is 12.1 Å². The minimum Gasteiger partial charge on any atom is -0.468 e. The van der Waals surface area contributed by atoms with E-state index in [-0.39, 0.29) is 17.9 Å². The number of nitrogens with zero attached hydrogens (tertiary/aromatic N) is 1. The Morgan fingerprint density at radius 1 is 1.19 bits per heavy atom. The maximum Gasteiger partial charge on any atom is 0.324 e. The van der Waals surface area contributed by atoms with Gasteiger partial charge in [0.1, 0.15) is 6.04 Å². The van der Waals surface area contributed by atoms with Gasteiger partial charge in [-0.15, -0.1) is 0 Å². The van der Waals surface area contributed by atoms with Crippen molar-refractivity contribution in [3.05, 3.63) is 64.3 Å². The van der Waals surface area contributed by atoms with E-state index >= 15 is 0 Å². The van der Waals surface area contributed by atoms with Gasteiger partial charge in [0.25, 0.3) is 0 Å². The predicted molar refractivity (Wildman–Crippen MR) is 105 cm³/mol. The second-order valence-corrected chi connectivity index (χ2v) is 9.18. The molecule has 0 saturated heterocycles. The molecule has 2 heterocycles. The molecular weight excluding hydrogens is 432 g/mol. The first kappa shape index (κ1) is 18.2. The summed E-state index contributed by atoms with van der Waals surface area (Å²) in [5.74, 6) is -0.563. The number of ether oxygens (including phenoxy) is 1. The summed E-state index contributed by atoms with van der Waals surface area (Å²) in [6, 6.07) is 13.2. The number of aromatic amines is 1. The molecular formula is C19H17BrN2O4S. The molecule has 1 aromatic heterocycles. The number of sulfonamides is 1. The Hall–Kier alpha value is -2.16. The number of benzene rings is 2.